The molecular formula is C14H22N6O. The van der Waals surface area contributed by atoms with Crippen LogP contribution in [0.1, 0.15) is 19.3 Å². The molecule has 7 nitrogen and oxygen atoms in total. The van der Waals surface area contributed by atoms with Crippen molar-refractivity contribution in [3.05, 3.63) is 12.5 Å². The largest absolute Gasteiger partial charge is 0.390 e. The van der Waals surface area contributed by atoms with Crippen LogP contribution in [-0.4, -0.2) is 62.0 Å². The third kappa shape index (κ3) is 3.30. The van der Waals surface area contributed by atoms with Crippen molar-refractivity contribution in [2.45, 2.75) is 25.4 Å². The van der Waals surface area contributed by atoms with Crippen LogP contribution in [0, 0.1) is 0 Å². The number of fused-ring (bicyclic) bond motifs is 1. The summed E-state index contributed by atoms with van der Waals surface area (Å²) in [6.07, 6.45) is 6.65. The molecule has 0 bridgehead atoms. The van der Waals surface area contributed by atoms with Crippen LogP contribution in [0.25, 0.3) is 11.0 Å². The van der Waals surface area contributed by atoms with Crippen molar-refractivity contribution in [2.75, 3.05) is 31.5 Å². The normalized spacial score (nSPS) is 18.0. The lowest BCUT2D eigenvalue weighted by molar-refractivity contribution is 0.109. The first-order valence-electron chi connectivity index (χ1n) is 7.51. The average Bonchev–Trinajstić information content (AvgIpc) is 2.88. The Kier molecular flexibility index (Phi) is 4.31. The van der Waals surface area contributed by atoms with E-state index in [2.05, 4.69) is 25.3 Å². The van der Waals surface area contributed by atoms with Crippen molar-refractivity contribution < 1.29 is 5.11 Å². The number of aromatic nitrogens is 4. The number of aliphatic hydroxyl groups is 1. The molecule has 7 heteroatoms. The number of β-amino-alcohol motifs (C(OH)–C–C–N with tert-alkyl or cyclic N) is 1. The molecule has 0 amide bonds. The SMILES string of the molecule is Cn1ncc2c(NC[C@@H](O)CN3CCCCC3)ncnc21. The molecule has 3 rings (SSSR count). The summed E-state index contributed by atoms with van der Waals surface area (Å²) < 4.78 is 1.71. The summed E-state index contributed by atoms with van der Waals surface area (Å²) in [5, 5.41) is 18.4. The van der Waals surface area contributed by atoms with Crippen molar-refractivity contribution in [1.82, 2.24) is 24.6 Å². The molecule has 0 saturated carbocycles. The Morgan fingerprint density at radius 2 is 2.10 bits per heavy atom. The average molecular weight is 290 g/mol. The molecule has 21 heavy (non-hydrogen) atoms. The van der Waals surface area contributed by atoms with Gasteiger partial charge in [-0.05, 0) is 25.9 Å². The van der Waals surface area contributed by atoms with Gasteiger partial charge in [-0.2, -0.15) is 5.10 Å². The highest BCUT2D eigenvalue weighted by Crippen LogP contribution is 2.17. The second-order valence-corrected chi connectivity index (χ2v) is 5.62. The van der Waals surface area contributed by atoms with Gasteiger partial charge in [-0.25, -0.2) is 9.97 Å². The minimum atomic E-state index is -0.398. The molecule has 2 N–H and O–H groups in total. The fraction of sp³-hybridized carbons (Fsp3) is 0.643. The molecule has 0 radical (unpaired) electrons. The van der Waals surface area contributed by atoms with Crippen LogP contribution in [-0.2, 0) is 7.05 Å². The van der Waals surface area contributed by atoms with E-state index in [1.165, 1.54) is 25.6 Å². The lowest BCUT2D eigenvalue weighted by atomic mass is 10.1. The predicted molar refractivity (Wildman–Crippen MR) is 81.1 cm³/mol. The molecule has 1 aliphatic heterocycles. The maximum absolute atomic E-state index is 10.2. The number of anilines is 1. The lowest BCUT2D eigenvalue weighted by Gasteiger charge is -2.28. The van der Waals surface area contributed by atoms with E-state index < -0.39 is 6.10 Å². The number of piperidine rings is 1. The first kappa shape index (κ1) is 14.2. The fourth-order valence-electron chi connectivity index (χ4n) is 2.82. The minimum Gasteiger partial charge on any atom is -0.390 e. The Morgan fingerprint density at radius 1 is 1.29 bits per heavy atom. The Bertz CT molecular complexity index is 592. The molecule has 0 aliphatic carbocycles. The Balaban J connectivity index is 1.58. The van der Waals surface area contributed by atoms with Crippen molar-refractivity contribution in [2.24, 2.45) is 7.05 Å². The zero-order valence-electron chi connectivity index (χ0n) is 12.4. The van der Waals surface area contributed by atoms with E-state index in [1.54, 1.807) is 10.9 Å². The maximum Gasteiger partial charge on any atom is 0.163 e. The van der Waals surface area contributed by atoms with Gasteiger partial charge in [-0.1, -0.05) is 6.42 Å². The minimum absolute atomic E-state index is 0.398. The van der Waals surface area contributed by atoms with Gasteiger partial charge in [0.15, 0.2) is 5.65 Å². The highest BCUT2D eigenvalue weighted by molar-refractivity contribution is 5.85. The Morgan fingerprint density at radius 3 is 2.90 bits per heavy atom. The second kappa shape index (κ2) is 6.36. The summed E-state index contributed by atoms with van der Waals surface area (Å²) in [7, 11) is 1.85. The zero-order chi connectivity index (χ0) is 14.7. The Labute approximate surface area is 124 Å². The summed E-state index contributed by atoms with van der Waals surface area (Å²) in [6.45, 7) is 3.39. The summed E-state index contributed by atoms with van der Waals surface area (Å²) in [5.41, 5.74) is 0.790. The van der Waals surface area contributed by atoms with Gasteiger partial charge in [0.25, 0.3) is 0 Å². The molecule has 3 heterocycles. The van der Waals surface area contributed by atoms with Gasteiger partial charge in [0, 0.05) is 20.1 Å². The van der Waals surface area contributed by atoms with Gasteiger partial charge in [0.05, 0.1) is 17.7 Å². The molecule has 1 saturated heterocycles. The van der Waals surface area contributed by atoms with Crippen molar-refractivity contribution in [1.29, 1.82) is 0 Å². The summed E-state index contributed by atoms with van der Waals surface area (Å²) in [4.78, 5) is 10.8. The van der Waals surface area contributed by atoms with Crippen LogP contribution in [0.4, 0.5) is 5.82 Å². The lowest BCUT2D eigenvalue weighted by Crippen LogP contribution is -2.39. The van der Waals surface area contributed by atoms with Gasteiger partial charge in [0.1, 0.15) is 12.1 Å². The van der Waals surface area contributed by atoms with Gasteiger partial charge < -0.3 is 15.3 Å². The molecule has 114 valence electrons. The van der Waals surface area contributed by atoms with E-state index in [-0.39, 0.29) is 0 Å². The second-order valence-electron chi connectivity index (χ2n) is 5.62. The van der Waals surface area contributed by atoms with Crippen LogP contribution >= 0.6 is 0 Å². The van der Waals surface area contributed by atoms with Gasteiger partial charge in [-0.15, -0.1) is 0 Å². The van der Waals surface area contributed by atoms with E-state index in [0.717, 1.165) is 29.9 Å². The maximum atomic E-state index is 10.2. The van der Waals surface area contributed by atoms with E-state index in [1.807, 2.05) is 7.05 Å². The standard InChI is InChI=1S/C14H22N6O/c1-19-14-12(8-18-19)13(16-10-17-14)15-7-11(21)9-20-5-3-2-4-6-20/h8,10-11,21H,2-7,9H2,1H3,(H,15,16,17)/t11-/m1/s1. The molecule has 1 aliphatic rings. The van der Waals surface area contributed by atoms with Gasteiger partial charge >= 0.3 is 0 Å². The van der Waals surface area contributed by atoms with Crippen LogP contribution in [0.5, 0.6) is 0 Å². The molecule has 0 unspecified atom stereocenters. The first-order valence-corrected chi connectivity index (χ1v) is 7.51. The van der Waals surface area contributed by atoms with Gasteiger partial charge in [0.2, 0.25) is 0 Å². The van der Waals surface area contributed by atoms with Crippen molar-refractivity contribution >= 4 is 16.9 Å². The zero-order valence-corrected chi connectivity index (χ0v) is 12.4. The van der Waals surface area contributed by atoms with Crippen LogP contribution in [0.3, 0.4) is 0 Å². The first-order chi connectivity index (χ1) is 10.2. The fourth-order valence-corrected chi connectivity index (χ4v) is 2.82. The number of aryl methyl sites for hydroxylation is 1. The van der Waals surface area contributed by atoms with Crippen LogP contribution < -0.4 is 5.32 Å². The number of aliphatic hydroxyl groups excluding tert-OH is 1. The number of nitrogens with one attached hydrogen (secondary N) is 1. The number of hydrogen-bond acceptors (Lipinski definition) is 6. The highest BCUT2D eigenvalue weighted by Gasteiger charge is 2.15. The third-order valence-corrected chi connectivity index (χ3v) is 3.95. The molecule has 2 aromatic rings. The summed E-state index contributed by atoms with van der Waals surface area (Å²) >= 11 is 0. The third-order valence-electron chi connectivity index (χ3n) is 3.95. The van der Waals surface area contributed by atoms with Crippen LogP contribution in [0.15, 0.2) is 12.5 Å². The van der Waals surface area contributed by atoms with E-state index in [9.17, 15) is 5.11 Å². The monoisotopic (exact) mass is 290 g/mol. The predicted octanol–water partition coefficient (Wildman–Crippen LogP) is 0.622. The van der Waals surface area contributed by atoms with E-state index >= 15 is 0 Å². The van der Waals surface area contributed by atoms with E-state index in [0.29, 0.717) is 13.1 Å². The number of likely N-dealkylation sites (tertiary alicyclic amines) is 1. The molecule has 1 fully saturated rings. The Hall–Kier alpha value is -1.73. The smallest absolute Gasteiger partial charge is 0.163 e. The molecule has 1 atom stereocenters. The van der Waals surface area contributed by atoms with E-state index in [4.69, 9.17) is 0 Å². The van der Waals surface area contributed by atoms with Crippen molar-refractivity contribution in [3.63, 3.8) is 0 Å². The summed E-state index contributed by atoms with van der Waals surface area (Å²) in [5.74, 6) is 0.728. The number of rotatable bonds is 5. The van der Waals surface area contributed by atoms with Crippen LogP contribution in [0.2, 0.25) is 0 Å². The topological polar surface area (TPSA) is 79.1 Å². The number of hydrogen-bond donors (Lipinski definition) is 2. The molecule has 0 aromatic carbocycles. The van der Waals surface area contributed by atoms with Gasteiger partial charge in [-0.3, -0.25) is 4.68 Å². The number of nitrogens with zero attached hydrogens (tertiary/aromatic N) is 5. The molecule has 2 aromatic heterocycles. The quantitative estimate of drug-likeness (QED) is 0.840. The summed E-state index contributed by atoms with van der Waals surface area (Å²) in [6, 6.07) is 0. The molecular weight excluding hydrogens is 268 g/mol. The highest BCUT2D eigenvalue weighted by atomic mass is 16.3. The molecule has 0 spiro atoms. The van der Waals surface area contributed by atoms with Crippen molar-refractivity contribution in [3.8, 4) is 0 Å².